The molecule has 2 heterocycles. The Morgan fingerprint density at radius 1 is 0.750 bits per heavy atom. The Labute approximate surface area is 124 Å². The van der Waals surface area contributed by atoms with Crippen LogP contribution in [0.15, 0.2) is 60.7 Å². The Kier molecular flexibility index (Phi) is 3.16. The second-order valence-corrected chi connectivity index (χ2v) is 7.26. The van der Waals surface area contributed by atoms with Gasteiger partial charge in [-0.2, -0.15) is 11.8 Å². The summed E-state index contributed by atoms with van der Waals surface area (Å²) in [6.07, 6.45) is 6.54. The molecule has 1 saturated heterocycles. The van der Waals surface area contributed by atoms with Crippen LogP contribution >= 0.6 is 11.8 Å². The van der Waals surface area contributed by atoms with Gasteiger partial charge < -0.3 is 0 Å². The van der Waals surface area contributed by atoms with Crippen LogP contribution in [-0.4, -0.2) is 10.5 Å². The highest BCUT2D eigenvalue weighted by Gasteiger charge is 2.29. The smallest absolute Gasteiger partial charge is 0.0236 e. The molecule has 2 unspecified atom stereocenters. The third kappa shape index (κ3) is 2.31. The molecule has 2 aromatic carbocycles. The summed E-state index contributed by atoms with van der Waals surface area (Å²) in [5.41, 5.74) is 5.59. The molecule has 0 aliphatic carbocycles. The molecule has 0 saturated carbocycles. The largest absolute Gasteiger partial charge is 0.151 e. The summed E-state index contributed by atoms with van der Waals surface area (Å²) >= 11 is 2.17. The van der Waals surface area contributed by atoms with E-state index in [-0.39, 0.29) is 0 Å². The van der Waals surface area contributed by atoms with Crippen LogP contribution in [-0.2, 0) is 0 Å². The number of benzene rings is 2. The highest BCUT2D eigenvalue weighted by Crippen LogP contribution is 2.45. The lowest BCUT2D eigenvalue weighted by Gasteiger charge is -2.19. The highest BCUT2D eigenvalue weighted by atomic mass is 32.2. The van der Waals surface area contributed by atoms with Crippen LogP contribution in [0.4, 0.5) is 0 Å². The molecule has 0 nitrogen and oxygen atoms in total. The molecule has 0 N–H and O–H groups in total. The fourth-order valence-electron chi connectivity index (χ4n) is 3.27. The molecule has 0 spiro atoms. The van der Waals surface area contributed by atoms with Gasteiger partial charge in [-0.1, -0.05) is 60.7 Å². The molecule has 20 heavy (non-hydrogen) atoms. The maximum Gasteiger partial charge on any atom is 0.0236 e. The van der Waals surface area contributed by atoms with Crippen molar-refractivity contribution in [2.24, 2.45) is 0 Å². The summed E-state index contributed by atoms with van der Waals surface area (Å²) in [6, 6.07) is 19.7. The number of allylic oxidation sites excluding steroid dienone is 1. The van der Waals surface area contributed by atoms with Gasteiger partial charge in [0.05, 0.1) is 0 Å². The number of fused-ring (bicyclic) bond motifs is 2. The summed E-state index contributed by atoms with van der Waals surface area (Å²) in [5, 5.41) is 1.64. The summed E-state index contributed by atoms with van der Waals surface area (Å²) < 4.78 is 0. The molecule has 0 aromatic heterocycles. The first-order valence-electron chi connectivity index (χ1n) is 7.40. The van der Waals surface area contributed by atoms with Crippen LogP contribution in [0.25, 0.3) is 16.7 Å². The molecule has 2 bridgehead atoms. The lowest BCUT2D eigenvalue weighted by atomic mass is 9.97. The molecule has 0 radical (unpaired) electrons. The number of hydrogen-bond donors (Lipinski definition) is 0. The van der Waals surface area contributed by atoms with E-state index in [9.17, 15) is 0 Å². The van der Waals surface area contributed by atoms with Gasteiger partial charge in [0.2, 0.25) is 0 Å². The number of thioether (sulfide) groups is 1. The summed E-state index contributed by atoms with van der Waals surface area (Å²) in [7, 11) is 0. The summed E-state index contributed by atoms with van der Waals surface area (Å²) in [6.45, 7) is 0. The summed E-state index contributed by atoms with van der Waals surface area (Å²) in [5.74, 6) is 0. The van der Waals surface area contributed by atoms with Crippen molar-refractivity contribution in [3.63, 3.8) is 0 Å². The van der Waals surface area contributed by atoms with E-state index < -0.39 is 0 Å². The van der Waals surface area contributed by atoms with Crippen molar-refractivity contribution >= 4 is 17.3 Å². The average Bonchev–Trinajstić information content (AvgIpc) is 2.87. The predicted molar refractivity (Wildman–Crippen MR) is 88.9 cm³/mol. The van der Waals surface area contributed by atoms with Crippen LogP contribution in [0.5, 0.6) is 0 Å². The molecule has 2 aromatic rings. The van der Waals surface area contributed by atoms with Crippen LogP contribution in [0.3, 0.4) is 0 Å². The van der Waals surface area contributed by atoms with Crippen molar-refractivity contribution in [3.05, 3.63) is 66.2 Å². The Balaban J connectivity index is 1.62. The van der Waals surface area contributed by atoms with Gasteiger partial charge >= 0.3 is 0 Å². The van der Waals surface area contributed by atoms with E-state index in [0.29, 0.717) is 0 Å². The molecule has 2 aliphatic rings. The molecule has 1 heteroatoms. The minimum atomic E-state index is 0.776. The van der Waals surface area contributed by atoms with Gasteiger partial charge in [0.25, 0.3) is 0 Å². The van der Waals surface area contributed by atoms with Gasteiger partial charge in [-0.3, -0.25) is 0 Å². The third-order valence-corrected chi connectivity index (χ3v) is 5.85. The molecular weight excluding hydrogens is 260 g/mol. The van der Waals surface area contributed by atoms with Crippen LogP contribution in [0.1, 0.15) is 24.8 Å². The van der Waals surface area contributed by atoms with Crippen molar-refractivity contribution in [1.29, 1.82) is 0 Å². The van der Waals surface area contributed by atoms with Crippen LogP contribution in [0, 0.1) is 0 Å². The van der Waals surface area contributed by atoms with E-state index in [1.54, 1.807) is 5.57 Å². The van der Waals surface area contributed by atoms with Gasteiger partial charge in [0.1, 0.15) is 0 Å². The van der Waals surface area contributed by atoms with E-state index in [0.717, 1.165) is 10.5 Å². The maximum atomic E-state index is 2.51. The van der Waals surface area contributed by atoms with E-state index in [1.165, 1.54) is 36.0 Å². The average molecular weight is 278 g/mol. The van der Waals surface area contributed by atoms with Gasteiger partial charge in [-0.15, -0.1) is 0 Å². The predicted octanol–water partition coefficient (Wildman–Crippen LogP) is 5.40. The van der Waals surface area contributed by atoms with E-state index in [1.807, 2.05) is 0 Å². The van der Waals surface area contributed by atoms with Crippen molar-refractivity contribution in [2.75, 3.05) is 0 Å². The van der Waals surface area contributed by atoms with Gasteiger partial charge in [-0.05, 0) is 41.5 Å². The first-order valence-corrected chi connectivity index (χ1v) is 8.35. The molecule has 100 valence electrons. The second-order valence-electron chi connectivity index (χ2n) is 5.71. The monoisotopic (exact) mass is 278 g/mol. The highest BCUT2D eigenvalue weighted by molar-refractivity contribution is 8.01. The van der Waals surface area contributed by atoms with Crippen molar-refractivity contribution < 1.29 is 0 Å². The van der Waals surface area contributed by atoms with Gasteiger partial charge in [0, 0.05) is 10.5 Å². The van der Waals surface area contributed by atoms with Crippen molar-refractivity contribution in [2.45, 2.75) is 29.8 Å². The van der Waals surface area contributed by atoms with E-state index in [2.05, 4.69) is 72.4 Å². The molecule has 2 atom stereocenters. The minimum Gasteiger partial charge on any atom is -0.151 e. The Bertz CT molecular complexity index is 625. The molecule has 4 rings (SSSR count). The fourth-order valence-corrected chi connectivity index (χ4v) is 4.82. The lowest BCUT2D eigenvalue weighted by Crippen LogP contribution is -2.05. The number of hydrogen-bond acceptors (Lipinski definition) is 1. The quantitative estimate of drug-likeness (QED) is 0.708. The lowest BCUT2D eigenvalue weighted by molar-refractivity contribution is 0.790. The standard InChI is InChI=1S/C19H18S/c1-2-4-14(5-3-1)15-6-8-16(9-7-15)17-12-18-10-11-19(13-17)20-18/h1-9,12,18-19H,10-11,13H2. The van der Waals surface area contributed by atoms with Crippen LogP contribution < -0.4 is 0 Å². The Morgan fingerprint density at radius 2 is 1.45 bits per heavy atom. The van der Waals surface area contributed by atoms with Crippen molar-refractivity contribution in [1.82, 2.24) is 0 Å². The summed E-state index contributed by atoms with van der Waals surface area (Å²) in [4.78, 5) is 0. The topological polar surface area (TPSA) is 0 Å². The first kappa shape index (κ1) is 12.3. The minimum absolute atomic E-state index is 0.776. The maximum absolute atomic E-state index is 2.51. The third-order valence-electron chi connectivity index (χ3n) is 4.34. The fraction of sp³-hybridized carbons (Fsp3) is 0.263. The van der Waals surface area contributed by atoms with Crippen LogP contribution in [0.2, 0.25) is 0 Å². The molecule has 2 aliphatic heterocycles. The molecular formula is C19H18S. The van der Waals surface area contributed by atoms with Crippen molar-refractivity contribution in [3.8, 4) is 11.1 Å². The molecule has 1 fully saturated rings. The van der Waals surface area contributed by atoms with E-state index in [4.69, 9.17) is 0 Å². The molecule has 0 amide bonds. The second kappa shape index (κ2) is 5.14. The van der Waals surface area contributed by atoms with Gasteiger partial charge in [0.15, 0.2) is 0 Å². The Hall–Kier alpha value is -1.47. The first-order chi connectivity index (χ1) is 9.88. The van der Waals surface area contributed by atoms with Gasteiger partial charge in [-0.25, -0.2) is 0 Å². The zero-order chi connectivity index (χ0) is 13.4. The zero-order valence-corrected chi connectivity index (χ0v) is 12.3. The Morgan fingerprint density at radius 3 is 2.20 bits per heavy atom. The van der Waals surface area contributed by atoms with E-state index >= 15 is 0 Å². The normalized spacial score (nSPS) is 24.5. The zero-order valence-electron chi connectivity index (χ0n) is 11.5. The SMILES string of the molecule is C1=C(c2ccc(-c3ccccc3)cc2)CC2CCC1S2. The number of rotatable bonds is 2.